The van der Waals surface area contributed by atoms with Crippen molar-refractivity contribution < 1.29 is 4.79 Å². The van der Waals surface area contributed by atoms with Crippen molar-refractivity contribution in [3.05, 3.63) is 46.5 Å². The van der Waals surface area contributed by atoms with E-state index in [0.717, 1.165) is 5.69 Å². The fraction of sp³-hybridized carbons (Fsp3) is 0.0909. The minimum Gasteiger partial charge on any atom is -0.295 e. The van der Waals surface area contributed by atoms with E-state index in [1.54, 1.807) is 23.0 Å². The van der Waals surface area contributed by atoms with Gasteiger partial charge in [0.1, 0.15) is 14.2 Å². The van der Waals surface area contributed by atoms with Gasteiger partial charge in [-0.25, -0.2) is 4.98 Å². The van der Waals surface area contributed by atoms with Gasteiger partial charge in [0, 0.05) is 11.3 Å². The van der Waals surface area contributed by atoms with Crippen molar-refractivity contribution in [1.29, 1.82) is 0 Å². The number of Topliss-reactive ketones (excluding diaryl/α,β-unsaturated/α-hetero) is 1. The van der Waals surface area contributed by atoms with Crippen LogP contribution in [0, 0.1) is 0 Å². The third-order valence-electron chi connectivity index (χ3n) is 2.46. The number of carbonyl (C=O) groups is 1. The van der Waals surface area contributed by atoms with Gasteiger partial charge < -0.3 is 0 Å². The van der Waals surface area contributed by atoms with Crippen molar-refractivity contribution >= 4 is 36.8 Å². The largest absolute Gasteiger partial charge is 0.295 e. The molecule has 17 heavy (non-hydrogen) atoms. The van der Waals surface area contributed by atoms with Crippen LogP contribution in [0.1, 0.15) is 10.4 Å². The Bertz CT molecular complexity index is 551. The lowest BCUT2D eigenvalue weighted by Crippen LogP contribution is -1.98. The molecular weight excluding hydrogens is 258 g/mol. The maximum atomic E-state index is 11.5. The number of nitrogens with zero attached hydrogens (tertiary/aromatic N) is 2. The second-order valence-electron chi connectivity index (χ2n) is 3.52. The van der Waals surface area contributed by atoms with Gasteiger partial charge in [0.15, 0.2) is 16.1 Å². The molecule has 0 aliphatic carbocycles. The van der Waals surface area contributed by atoms with E-state index >= 15 is 0 Å². The van der Waals surface area contributed by atoms with Gasteiger partial charge in [0.05, 0.1) is 0 Å². The van der Waals surface area contributed by atoms with E-state index in [4.69, 9.17) is 23.2 Å². The van der Waals surface area contributed by atoms with Gasteiger partial charge in [0.25, 0.3) is 0 Å². The van der Waals surface area contributed by atoms with Gasteiger partial charge >= 0.3 is 0 Å². The zero-order valence-electron chi connectivity index (χ0n) is 9.15. The van der Waals surface area contributed by atoms with Crippen LogP contribution in [0.15, 0.2) is 30.6 Å². The molecule has 0 spiro atoms. The molecule has 0 fully saturated rings. The molecule has 1 aromatic carbocycles. The smallest absolute Gasteiger partial charge is 0.166 e. The molecule has 0 bridgehead atoms. The number of imidazole rings is 1. The van der Waals surface area contributed by atoms with Gasteiger partial charge in [0.2, 0.25) is 0 Å². The van der Waals surface area contributed by atoms with Gasteiger partial charge in [-0.2, -0.15) is 0 Å². The summed E-state index contributed by atoms with van der Waals surface area (Å²) in [5.41, 5.74) is 1.51. The molecular formula is C11H9BCl2N2O. The Morgan fingerprint density at radius 3 is 2.41 bits per heavy atom. The average Bonchev–Trinajstić information content (AvgIpc) is 2.69. The fourth-order valence-electron chi connectivity index (χ4n) is 1.50. The molecule has 1 aromatic heterocycles. The molecule has 0 N–H and O–H groups in total. The first kappa shape index (κ1) is 12.2. The molecule has 2 rings (SSSR count). The van der Waals surface area contributed by atoms with Gasteiger partial charge in [-0.1, -0.05) is 23.2 Å². The maximum absolute atomic E-state index is 11.5. The third kappa shape index (κ3) is 2.38. The Morgan fingerprint density at radius 2 is 1.94 bits per heavy atom. The Labute approximate surface area is 110 Å². The summed E-state index contributed by atoms with van der Waals surface area (Å²) in [6.45, 7) is 0. The van der Waals surface area contributed by atoms with E-state index in [0.29, 0.717) is 17.0 Å². The number of rotatable bonds is 3. The number of hydrogen-bond donors (Lipinski definition) is 0. The Balaban J connectivity index is 2.36. The first-order chi connectivity index (χ1) is 8.13. The topological polar surface area (TPSA) is 34.9 Å². The molecule has 0 saturated carbocycles. The summed E-state index contributed by atoms with van der Waals surface area (Å²) >= 11 is 11.7. The number of halogens is 2. The van der Waals surface area contributed by atoms with Crippen molar-refractivity contribution in [3.8, 4) is 5.69 Å². The summed E-state index contributed by atoms with van der Waals surface area (Å²) in [5.74, 6) is 0.117. The first-order valence-electron chi connectivity index (χ1n) is 5.15. The van der Waals surface area contributed by atoms with Crippen molar-refractivity contribution in [1.82, 2.24) is 9.55 Å². The third-order valence-corrected chi connectivity index (χ3v) is 3.19. The Kier molecular flexibility index (Phi) is 3.55. The highest BCUT2D eigenvalue weighted by Gasteiger charge is 2.08. The lowest BCUT2D eigenvalue weighted by atomic mass is 9.96. The molecule has 0 radical (unpaired) electrons. The second kappa shape index (κ2) is 4.94. The van der Waals surface area contributed by atoms with E-state index in [1.165, 1.54) is 0 Å². The van der Waals surface area contributed by atoms with E-state index in [9.17, 15) is 4.79 Å². The van der Waals surface area contributed by atoms with Crippen LogP contribution in [0.2, 0.25) is 16.6 Å². The van der Waals surface area contributed by atoms with E-state index in [1.807, 2.05) is 20.0 Å². The molecule has 0 saturated heterocycles. The summed E-state index contributed by atoms with van der Waals surface area (Å²) in [6.07, 6.45) is 2.04. The van der Waals surface area contributed by atoms with Crippen molar-refractivity contribution in [2.24, 2.45) is 0 Å². The Morgan fingerprint density at radius 1 is 1.29 bits per heavy atom. The molecule has 2 aromatic rings. The minimum absolute atomic E-state index is 0.117. The van der Waals surface area contributed by atoms with Crippen molar-refractivity contribution in [3.63, 3.8) is 0 Å². The quantitative estimate of drug-likeness (QED) is 0.632. The number of ketones is 1. The highest BCUT2D eigenvalue weighted by Crippen LogP contribution is 2.23. The zero-order valence-corrected chi connectivity index (χ0v) is 10.7. The monoisotopic (exact) mass is 266 g/mol. The number of carbonyl (C=O) groups excluding carboxylic acids is 1. The summed E-state index contributed by atoms with van der Waals surface area (Å²) in [7, 11) is 1.84. The summed E-state index contributed by atoms with van der Waals surface area (Å²) in [5, 5.41) is 0.626. The molecule has 86 valence electrons. The van der Waals surface area contributed by atoms with Crippen LogP contribution in [0.4, 0.5) is 0 Å². The maximum Gasteiger partial charge on any atom is 0.166 e. The van der Waals surface area contributed by atoms with Gasteiger partial charge in [-0.05, 0) is 30.6 Å². The summed E-state index contributed by atoms with van der Waals surface area (Å²) in [6, 6.07) is 7.16. The molecule has 1 heterocycles. The predicted octanol–water partition coefficient (Wildman–Crippen LogP) is 2.41. The number of benzene rings is 1. The van der Waals surface area contributed by atoms with Gasteiger partial charge in [-0.3, -0.25) is 9.36 Å². The Hall–Kier alpha value is -1.26. The van der Waals surface area contributed by atoms with Crippen LogP contribution in [0.25, 0.3) is 5.69 Å². The molecule has 6 heteroatoms. The normalized spacial score (nSPS) is 10.5. The molecule has 0 aliphatic rings. The lowest BCUT2D eigenvalue weighted by molar-refractivity contribution is 0.101. The molecule has 3 nitrogen and oxygen atoms in total. The number of aromatic nitrogens is 2. The predicted molar refractivity (Wildman–Crippen MR) is 71.3 cm³/mol. The highest BCUT2D eigenvalue weighted by atomic mass is 35.5. The molecule has 0 unspecified atom stereocenters. The van der Waals surface area contributed by atoms with Crippen LogP contribution in [-0.4, -0.2) is 23.2 Å². The lowest BCUT2D eigenvalue weighted by Gasteiger charge is -2.04. The zero-order chi connectivity index (χ0) is 12.4. The van der Waals surface area contributed by atoms with E-state index in [-0.39, 0.29) is 10.9 Å². The molecule has 0 atom stereocenters. The van der Waals surface area contributed by atoms with Crippen LogP contribution in [-0.2, 0) is 0 Å². The van der Waals surface area contributed by atoms with E-state index < -0.39 is 0 Å². The SMILES string of the molecule is BCC(=O)c1ccc(-n2cnc(Cl)c2Cl)cc1. The molecule has 0 amide bonds. The van der Waals surface area contributed by atoms with Crippen LogP contribution >= 0.6 is 23.2 Å². The van der Waals surface area contributed by atoms with E-state index in [2.05, 4.69) is 4.98 Å². The molecule has 0 aliphatic heterocycles. The first-order valence-corrected chi connectivity index (χ1v) is 5.91. The second-order valence-corrected chi connectivity index (χ2v) is 4.24. The van der Waals surface area contributed by atoms with Crippen LogP contribution in [0.3, 0.4) is 0 Å². The average molecular weight is 267 g/mol. The highest BCUT2D eigenvalue weighted by molar-refractivity contribution is 6.40. The van der Waals surface area contributed by atoms with Crippen LogP contribution in [0.5, 0.6) is 0 Å². The fourth-order valence-corrected chi connectivity index (χ4v) is 1.83. The minimum atomic E-state index is 0.117. The summed E-state index contributed by atoms with van der Waals surface area (Å²) in [4.78, 5) is 15.4. The van der Waals surface area contributed by atoms with Gasteiger partial charge in [-0.15, -0.1) is 0 Å². The van der Waals surface area contributed by atoms with Crippen LogP contribution < -0.4 is 0 Å². The van der Waals surface area contributed by atoms with Crippen molar-refractivity contribution in [2.75, 3.05) is 0 Å². The van der Waals surface area contributed by atoms with Crippen molar-refractivity contribution in [2.45, 2.75) is 6.32 Å². The summed E-state index contributed by atoms with van der Waals surface area (Å²) < 4.78 is 1.66. The standard InChI is InChI=1S/C11H9BCl2N2O/c12-5-9(17)7-1-3-8(4-2-7)16-6-15-10(13)11(16)14/h1-4,6H,5,12H2. The number of hydrogen-bond acceptors (Lipinski definition) is 2.